The quantitative estimate of drug-likeness (QED) is 0.112. The SMILES string of the molecule is O=C(O)C(Cc1ncc(CN(Cc2cnc(CC(C(=O)O)C3CCNC3)s2)Cc2cnc(CC(C(=O)O)C3CCNC3)s2)s1)C1CCNC1. The number of carboxylic acids is 3. The molecule has 0 amide bonds. The molecule has 6 heterocycles. The van der Waals surface area contributed by atoms with Crippen molar-refractivity contribution < 1.29 is 29.7 Å². The van der Waals surface area contributed by atoms with Crippen LogP contribution in [0.2, 0.25) is 0 Å². The zero-order valence-electron chi connectivity index (χ0n) is 27.4. The van der Waals surface area contributed by atoms with Crippen molar-refractivity contribution in [3.63, 3.8) is 0 Å². The van der Waals surface area contributed by atoms with Crippen LogP contribution in [0.1, 0.15) is 48.9 Å². The maximum absolute atomic E-state index is 12.1. The van der Waals surface area contributed by atoms with E-state index < -0.39 is 35.7 Å². The summed E-state index contributed by atoms with van der Waals surface area (Å²) in [5.74, 6) is -3.47. The molecule has 3 aliphatic rings. The predicted octanol–water partition coefficient (Wildman–Crippen LogP) is 2.82. The van der Waals surface area contributed by atoms with Gasteiger partial charge in [-0.15, -0.1) is 34.0 Å². The molecule has 6 unspecified atom stereocenters. The van der Waals surface area contributed by atoms with Crippen LogP contribution in [0.3, 0.4) is 0 Å². The number of hydrogen-bond donors (Lipinski definition) is 6. The van der Waals surface area contributed by atoms with Gasteiger partial charge in [0.2, 0.25) is 0 Å². The fourth-order valence-electron chi connectivity index (χ4n) is 7.37. The van der Waals surface area contributed by atoms with Gasteiger partial charge in [0.1, 0.15) is 0 Å². The maximum Gasteiger partial charge on any atom is 0.307 e. The van der Waals surface area contributed by atoms with E-state index >= 15 is 0 Å². The van der Waals surface area contributed by atoms with Crippen molar-refractivity contribution in [3.8, 4) is 0 Å². The fourth-order valence-corrected chi connectivity index (χ4v) is 10.4. The van der Waals surface area contributed by atoms with E-state index in [1.54, 1.807) is 34.0 Å². The molecule has 13 nitrogen and oxygen atoms in total. The van der Waals surface area contributed by atoms with Crippen molar-refractivity contribution in [1.82, 2.24) is 35.8 Å². The molecule has 0 saturated carbocycles. The van der Waals surface area contributed by atoms with Gasteiger partial charge in [0.05, 0.1) is 32.8 Å². The third-order valence-electron chi connectivity index (χ3n) is 10.1. The molecule has 0 spiro atoms. The van der Waals surface area contributed by atoms with Crippen molar-refractivity contribution >= 4 is 51.9 Å². The Balaban J connectivity index is 1.16. The minimum atomic E-state index is -0.780. The van der Waals surface area contributed by atoms with Gasteiger partial charge in [0.25, 0.3) is 0 Å². The highest BCUT2D eigenvalue weighted by Crippen LogP contribution is 2.31. The van der Waals surface area contributed by atoms with Crippen molar-refractivity contribution in [2.24, 2.45) is 35.5 Å². The van der Waals surface area contributed by atoms with Crippen LogP contribution in [0.5, 0.6) is 0 Å². The lowest BCUT2D eigenvalue weighted by Gasteiger charge is -2.20. The number of aromatic nitrogens is 3. The van der Waals surface area contributed by atoms with Crippen molar-refractivity contribution in [2.45, 2.75) is 58.2 Å². The molecule has 49 heavy (non-hydrogen) atoms. The summed E-state index contributed by atoms with van der Waals surface area (Å²) in [5, 5.41) is 42.1. The Morgan fingerprint density at radius 3 is 1.16 bits per heavy atom. The number of carbonyl (C=O) groups is 3. The molecule has 6 N–H and O–H groups in total. The Morgan fingerprint density at radius 2 is 0.918 bits per heavy atom. The zero-order valence-corrected chi connectivity index (χ0v) is 29.8. The van der Waals surface area contributed by atoms with Crippen molar-refractivity contribution in [3.05, 3.63) is 48.2 Å². The lowest BCUT2D eigenvalue weighted by Crippen LogP contribution is -2.27. The van der Waals surface area contributed by atoms with E-state index in [0.29, 0.717) is 58.5 Å². The van der Waals surface area contributed by atoms with Gasteiger partial charge in [0.15, 0.2) is 0 Å². The van der Waals surface area contributed by atoms with Gasteiger partial charge in [-0.05, 0) is 76.3 Å². The molecule has 3 aromatic rings. The van der Waals surface area contributed by atoms with Crippen LogP contribution >= 0.6 is 34.0 Å². The highest BCUT2D eigenvalue weighted by atomic mass is 32.1. The average Bonchev–Trinajstić information content (AvgIpc) is 3.91. The maximum atomic E-state index is 12.1. The van der Waals surface area contributed by atoms with Gasteiger partial charge in [-0.25, -0.2) is 15.0 Å². The van der Waals surface area contributed by atoms with Crippen LogP contribution < -0.4 is 16.0 Å². The van der Waals surface area contributed by atoms with Gasteiger partial charge in [-0.2, -0.15) is 0 Å². The van der Waals surface area contributed by atoms with Crippen LogP contribution in [-0.4, -0.2) is 92.3 Å². The molecule has 3 aromatic heterocycles. The van der Waals surface area contributed by atoms with E-state index in [1.807, 2.05) is 18.6 Å². The molecular weight excluding hydrogens is 687 g/mol. The molecule has 266 valence electrons. The Hall–Kier alpha value is -2.86. The minimum absolute atomic E-state index is 0.0960. The van der Waals surface area contributed by atoms with Crippen molar-refractivity contribution in [1.29, 1.82) is 0 Å². The van der Waals surface area contributed by atoms with Crippen LogP contribution in [-0.2, 0) is 53.3 Å². The summed E-state index contributed by atoms with van der Waals surface area (Å²) in [6, 6.07) is 0. The number of thiazole rings is 3. The van der Waals surface area contributed by atoms with Gasteiger partial charge in [-0.1, -0.05) is 0 Å². The zero-order chi connectivity index (χ0) is 34.3. The Kier molecular flexibility index (Phi) is 12.4. The number of hydrogen-bond acceptors (Lipinski definition) is 13. The monoisotopic (exact) mass is 731 g/mol. The summed E-state index contributed by atoms with van der Waals surface area (Å²) < 4.78 is 0. The first-order valence-electron chi connectivity index (χ1n) is 17.1. The van der Waals surface area contributed by atoms with Gasteiger partial charge < -0.3 is 31.3 Å². The number of nitrogens with zero attached hydrogens (tertiary/aromatic N) is 4. The standard InChI is InChI=1S/C33H45N7O6S3/c41-31(42)25(19-1-4-34-10-19)7-28-37-13-22(47-28)16-40(17-23-14-38-29(48-23)8-26(32(43)44)20-2-5-35-11-20)18-24-15-39-30(49-24)9-27(33(45)46)21-3-6-36-12-21/h13-15,19-21,25-27,34-36H,1-12,16-18H2,(H,41,42)(H,43,44)(H,45,46). The van der Waals surface area contributed by atoms with Crippen LogP contribution in [0.15, 0.2) is 18.6 Å². The molecule has 3 saturated heterocycles. The van der Waals surface area contributed by atoms with Gasteiger partial charge in [0, 0.05) is 72.1 Å². The molecule has 16 heteroatoms. The molecule has 0 bridgehead atoms. The van der Waals surface area contributed by atoms with Crippen LogP contribution in [0.4, 0.5) is 0 Å². The number of aliphatic carboxylic acids is 3. The second kappa shape index (κ2) is 16.9. The number of nitrogens with one attached hydrogen (secondary N) is 3. The highest BCUT2D eigenvalue weighted by molar-refractivity contribution is 7.12. The van der Waals surface area contributed by atoms with Crippen LogP contribution in [0.25, 0.3) is 0 Å². The molecule has 0 aromatic carbocycles. The number of rotatable bonds is 18. The summed E-state index contributed by atoms with van der Waals surface area (Å²) in [6.45, 7) is 6.41. The molecule has 0 radical (unpaired) electrons. The van der Waals surface area contributed by atoms with E-state index in [-0.39, 0.29) is 17.8 Å². The first kappa shape index (κ1) is 35.9. The second-order valence-electron chi connectivity index (χ2n) is 13.5. The normalized spacial score (nSPS) is 22.8. The van der Waals surface area contributed by atoms with Crippen LogP contribution in [0, 0.1) is 35.5 Å². The predicted molar refractivity (Wildman–Crippen MR) is 187 cm³/mol. The lowest BCUT2D eigenvalue weighted by molar-refractivity contribution is -0.144. The van der Waals surface area contributed by atoms with E-state index in [0.717, 1.165) is 68.6 Å². The summed E-state index contributed by atoms with van der Waals surface area (Å²) in [4.78, 5) is 55.5. The molecular formula is C33H45N7O6S3. The summed E-state index contributed by atoms with van der Waals surface area (Å²) in [5.41, 5.74) is 0. The number of carboxylic acid groups (broad SMARTS) is 3. The minimum Gasteiger partial charge on any atom is -0.481 e. The molecule has 6 rings (SSSR count). The lowest BCUT2D eigenvalue weighted by atomic mass is 9.89. The summed E-state index contributed by atoms with van der Waals surface area (Å²) >= 11 is 4.64. The molecule has 0 aliphatic carbocycles. The third-order valence-corrected chi connectivity index (χ3v) is 13.1. The van der Waals surface area contributed by atoms with Crippen molar-refractivity contribution in [2.75, 3.05) is 39.3 Å². The van der Waals surface area contributed by atoms with E-state index in [9.17, 15) is 29.7 Å². The van der Waals surface area contributed by atoms with Gasteiger partial charge >= 0.3 is 17.9 Å². The Morgan fingerprint density at radius 1 is 0.612 bits per heavy atom. The Labute approximate surface area is 297 Å². The van der Waals surface area contributed by atoms with Gasteiger partial charge in [-0.3, -0.25) is 19.3 Å². The van der Waals surface area contributed by atoms with E-state index in [4.69, 9.17) is 0 Å². The second-order valence-corrected chi connectivity index (χ2v) is 17.1. The molecule has 3 aliphatic heterocycles. The topological polar surface area (TPSA) is 190 Å². The largest absolute Gasteiger partial charge is 0.481 e. The average molecular weight is 732 g/mol. The smallest absolute Gasteiger partial charge is 0.307 e. The third kappa shape index (κ3) is 9.68. The van der Waals surface area contributed by atoms with E-state index in [1.165, 1.54) is 0 Å². The molecule has 6 atom stereocenters. The summed E-state index contributed by atoms with van der Waals surface area (Å²) in [7, 11) is 0. The fraction of sp³-hybridized carbons (Fsp3) is 0.636. The first-order chi connectivity index (χ1) is 23.7. The first-order valence-corrected chi connectivity index (χ1v) is 19.5. The Bertz CT molecular complexity index is 1380. The molecule has 3 fully saturated rings. The summed E-state index contributed by atoms with van der Waals surface area (Å²) in [6.07, 6.45) is 9.31. The van der Waals surface area contributed by atoms with E-state index in [2.05, 4.69) is 35.8 Å². The highest BCUT2D eigenvalue weighted by Gasteiger charge is 2.34.